The van der Waals surface area contributed by atoms with Gasteiger partial charge in [0, 0.05) is 32.3 Å². The fourth-order valence-electron chi connectivity index (χ4n) is 3.74. The van der Waals surface area contributed by atoms with Gasteiger partial charge in [-0.25, -0.2) is 4.79 Å². The molecule has 1 aromatic rings. The maximum absolute atomic E-state index is 12.3. The van der Waals surface area contributed by atoms with Crippen LogP contribution in [0.4, 0.5) is 4.79 Å². The molecule has 128 valence electrons. The zero-order valence-corrected chi connectivity index (χ0v) is 13.8. The zero-order chi connectivity index (χ0) is 16.1. The lowest BCUT2D eigenvalue weighted by Gasteiger charge is -2.24. The Morgan fingerprint density at radius 2 is 2.26 bits per heavy atom. The number of amides is 2. The smallest absolute Gasteiger partial charge is 0.315 e. The molecule has 1 saturated carbocycles. The van der Waals surface area contributed by atoms with Crippen LogP contribution in [0.2, 0.25) is 0 Å². The zero-order valence-electron chi connectivity index (χ0n) is 13.8. The molecular weight excluding hydrogens is 294 g/mol. The summed E-state index contributed by atoms with van der Waals surface area (Å²) in [6.07, 6.45) is 7.96. The molecule has 2 heterocycles. The number of hydrogen-bond acceptors (Lipinski definition) is 4. The van der Waals surface area contributed by atoms with Crippen LogP contribution in [-0.4, -0.2) is 49.8 Å². The Morgan fingerprint density at radius 1 is 1.43 bits per heavy atom. The molecule has 6 nitrogen and oxygen atoms in total. The molecule has 2 N–H and O–H groups in total. The van der Waals surface area contributed by atoms with Crippen molar-refractivity contribution in [3.8, 4) is 0 Å². The van der Waals surface area contributed by atoms with Gasteiger partial charge in [0.25, 0.3) is 0 Å². The van der Waals surface area contributed by atoms with E-state index in [9.17, 15) is 4.79 Å². The monoisotopic (exact) mass is 321 g/mol. The summed E-state index contributed by atoms with van der Waals surface area (Å²) in [4.78, 5) is 14.8. The number of urea groups is 1. The predicted octanol–water partition coefficient (Wildman–Crippen LogP) is 2.28. The third-order valence-corrected chi connectivity index (χ3v) is 4.92. The summed E-state index contributed by atoms with van der Waals surface area (Å²) in [7, 11) is 1.62. The summed E-state index contributed by atoms with van der Waals surface area (Å²) in [6.45, 7) is 2.45. The highest BCUT2D eigenvalue weighted by Crippen LogP contribution is 2.26. The van der Waals surface area contributed by atoms with Gasteiger partial charge in [-0.1, -0.05) is 12.8 Å². The molecule has 2 aliphatic rings. The second kappa shape index (κ2) is 7.84. The van der Waals surface area contributed by atoms with Crippen LogP contribution in [0.15, 0.2) is 22.8 Å². The van der Waals surface area contributed by atoms with E-state index in [1.807, 2.05) is 12.1 Å². The summed E-state index contributed by atoms with van der Waals surface area (Å²) in [5.41, 5.74) is 0. The average Bonchev–Trinajstić information content (AvgIpc) is 3.28. The molecule has 1 aliphatic heterocycles. The van der Waals surface area contributed by atoms with Crippen LogP contribution < -0.4 is 10.6 Å². The standard InChI is InChI=1S/C17H27N3O3/c1-22-12-15(16-7-4-10-23-16)19-17(21)18-13-8-9-20(11-13)14-5-2-3-6-14/h4,7,10,13-15H,2-3,5-6,8-9,11-12H2,1H3,(H2,18,19,21)/t13-,15-/m0/s1. The Morgan fingerprint density at radius 3 is 2.96 bits per heavy atom. The number of ether oxygens (including phenoxy) is 1. The number of carbonyl (C=O) groups is 1. The first-order valence-corrected chi connectivity index (χ1v) is 8.59. The molecule has 2 amide bonds. The highest BCUT2D eigenvalue weighted by molar-refractivity contribution is 5.74. The SMILES string of the molecule is COC[C@H](NC(=O)N[C@H]1CCN(C2CCCC2)C1)c1ccco1. The van der Waals surface area contributed by atoms with Crippen molar-refractivity contribution >= 4 is 6.03 Å². The molecule has 0 bridgehead atoms. The van der Waals surface area contributed by atoms with Crippen LogP contribution in [0.3, 0.4) is 0 Å². The summed E-state index contributed by atoms with van der Waals surface area (Å²) in [5.74, 6) is 0.709. The number of hydrogen-bond donors (Lipinski definition) is 2. The van der Waals surface area contributed by atoms with Crippen molar-refractivity contribution in [1.82, 2.24) is 15.5 Å². The Bertz CT molecular complexity index is 485. The second-order valence-corrected chi connectivity index (χ2v) is 6.56. The van der Waals surface area contributed by atoms with E-state index in [1.165, 1.54) is 25.7 Å². The number of furan rings is 1. The number of nitrogens with one attached hydrogen (secondary N) is 2. The lowest BCUT2D eigenvalue weighted by atomic mass is 10.2. The minimum Gasteiger partial charge on any atom is -0.467 e. The number of methoxy groups -OCH3 is 1. The lowest BCUT2D eigenvalue weighted by molar-refractivity contribution is 0.156. The molecule has 0 spiro atoms. The first kappa shape index (κ1) is 16.3. The largest absolute Gasteiger partial charge is 0.467 e. The van der Waals surface area contributed by atoms with Gasteiger partial charge in [0.15, 0.2) is 0 Å². The Kier molecular flexibility index (Phi) is 5.56. The summed E-state index contributed by atoms with van der Waals surface area (Å²) in [6, 6.07) is 4.21. The predicted molar refractivity (Wildman–Crippen MR) is 87.2 cm³/mol. The molecule has 0 radical (unpaired) electrons. The van der Waals surface area contributed by atoms with Crippen LogP contribution in [0.1, 0.15) is 43.9 Å². The number of likely N-dealkylation sites (tertiary alicyclic amines) is 1. The summed E-state index contributed by atoms with van der Waals surface area (Å²) in [5, 5.41) is 6.04. The van der Waals surface area contributed by atoms with E-state index >= 15 is 0 Å². The first-order chi connectivity index (χ1) is 11.3. The number of nitrogens with zero attached hydrogens (tertiary/aromatic N) is 1. The van der Waals surface area contributed by atoms with E-state index in [0.717, 1.165) is 25.6 Å². The fourth-order valence-corrected chi connectivity index (χ4v) is 3.74. The van der Waals surface area contributed by atoms with Gasteiger partial charge in [-0.3, -0.25) is 4.90 Å². The quantitative estimate of drug-likeness (QED) is 0.843. The lowest BCUT2D eigenvalue weighted by Crippen LogP contribution is -2.45. The molecule has 2 atom stereocenters. The van der Waals surface area contributed by atoms with Gasteiger partial charge in [-0.2, -0.15) is 0 Å². The van der Waals surface area contributed by atoms with Gasteiger partial charge < -0.3 is 19.8 Å². The highest BCUT2D eigenvalue weighted by atomic mass is 16.5. The topological polar surface area (TPSA) is 66.7 Å². The molecule has 3 rings (SSSR count). The maximum Gasteiger partial charge on any atom is 0.315 e. The van der Waals surface area contributed by atoms with Crippen molar-refractivity contribution in [2.45, 2.75) is 50.2 Å². The van der Waals surface area contributed by atoms with Crippen molar-refractivity contribution in [3.63, 3.8) is 0 Å². The number of rotatable bonds is 6. The molecule has 1 saturated heterocycles. The Hall–Kier alpha value is -1.53. The van der Waals surface area contributed by atoms with Gasteiger partial charge in [0.2, 0.25) is 0 Å². The van der Waals surface area contributed by atoms with E-state index in [4.69, 9.17) is 9.15 Å². The van der Waals surface area contributed by atoms with Gasteiger partial charge in [-0.05, 0) is 31.4 Å². The molecule has 6 heteroatoms. The van der Waals surface area contributed by atoms with Gasteiger partial charge in [-0.15, -0.1) is 0 Å². The van der Waals surface area contributed by atoms with E-state index in [0.29, 0.717) is 12.4 Å². The molecule has 23 heavy (non-hydrogen) atoms. The van der Waals surface area contributed by atoms with E-state index in [1.54, 1.807) is 13.4 Å². The maximum atomic E-state index is 12.3. The van der Waals surface area contributed by atoms with Crippen LogP contribution in [0.5, 0.6) is 0 Å². The van der Waals surface area contributed by atoms with E-state index < -0.39 is 0 Å². The van der Waals surface area contributed by atoms with Crippen molar-refractivity contribution < 1.29 is 13.9 Å². The average molecular weight is 321 g/mol. The second-order valence-electron chi connectivity index (χ2n) is 6.56. The molecular formula is C17H27N3O3. The molecule has 1 aliphatic carbocycles. The molecule has 1 aromatic heterocycles. The van der Waals surface area contributed by atoms with Crippen LogP contribution in [0, 0.1) is 0 Å². The normalized spacial score (nSPS) is 24.0. The van der Waals surface area contributed by atoms with Crippen molar-refractivity contribution in [3.05, 3.63) is 24.2 Å². The Labute approximate surface area is 137 Å². The Balaban J connectivity index is 1.47. The van der Waals surface area contributed by atoms with E-state index in [-0.39, 0.29) is 18.1 Å². The minimum atomic E-state index is -0.262. The van der Waals surface area contributed by atoms with Crippen molar-refractivity contribution in [2.24, 2.45) is 0 Å². The summed E-state index contributed by atoms with van der Waals surface area (Å²) < 4.78 is 10.5. The van der Waals surface area contributed by atoms with Gasteiger partial charge >= 0.3 is 6.03 Å². The minimum absolute atomic E-state index is 0.151. The third-order valence-electron chi connectivity index (χ3n) is 4.92. The molecule has 0 aromatic carbocycles. The van der Waals surface area contributed by atoms with Crippen molar-refractivity contribution in [2.75, 3.05) is 26.8 Å². The molecule has 2 fully saturated rings. The first-order valence-electron chi connectivity index (χ1n) is 8.59. The van der Waals surface area contributed by atoms with Gasteiger partial charge in [0.1, 0.15) is 11.8 Å². The van der Waals surface area contributed by atoms with Gasteiger partial charge in [0.05, 0.1) is 12.9 Å². The van der Waals surface area contributed by atoms with Crippen LogP contribution >= 0.6 is 0 Å². The highest BCUT2D eigenvalue weighted by Gasteiger charge is 2.31. The third kappa shape index (κ3) is 4.26. The number of carbonyl (C=O) groups excluding carboxylic acids is 1. The summed E-state index contributed by atoms with van der Waals surface area (Å²) >= 11 is 0. The van der Waals surface area contributed by atoms with Crippen LogP contribution in [0.25, 0.3) is 0 Å². The fraction of sp³-hybridized carbons (Fsp3) is 0.706. The van der Waals surface area contributed by atoms with E-state index in [2.05, 4.69) is 15.5 Å². The van der Waals surface area contributed by atoms with Crippen LogP contribution in [-0.2, 0) is 4.74 Å². The molecule has 0 unspecified atom stereocenters. The van der Waals surface area contributed by atoms with Crippen molar-refractivity contribution in [1.29, 1.82) is 0 Å².